The molecule has 0 spiro atoms. The number of carbonyl (C=O) groups is 2. The fourth-order valence-electron chi connectivity index (χ4n) is 3.25. The summed E-state index contributed by atoms with van der Waals surface area (Å²) in [5.41, 5.74) is 3.50. The van der Waals surface area contributed by atoms with Crippen molar-refractivity contribution in [3.8, 4) is 0 Å². The Labute approximate surface area is 182 Å². The highest BCUT2D eigenvalue weighted by Crippen LogP contribution is 2.19. The third-order valence-corrected chi connectivity index (χ3v) is 5.97. The van der Waals surface area contributed by atoms with Crippen molar-refractivity contribution in [2.75, 3.05) is 12.3 Å². The van der Waals surface area contributed by atoms with E-state index in [0.717, 1.165) is 27.8 Å². The van der Waals surface area contributed by atoms with Gasteiger partial charge >= 0.3 is 0 Å². The maximum Gasteiger partial charge on any atom is 0.242 e. The lowest BCUT2D eigenvalue weighted by atomic mass is 10.0. The Kier molecular flexibility index (Phi) is 7.91. The van der Waals surface area contributed by atoms with Crippen molar-refractivity contribution in [2.45, 2.75) is 32.1 Å². The van der Waals surface area contributed by atoms with Gasteiger partial charge in [0.05, 0.1) is 6.42 Å². The van der Waals surface area contributed by atoms with E-state index in [1.54, 1.807) is 18.7 Å². The van der Waals surface area contributed by atoms with Gasteiger partial charge in [-0.25, -0.2) is 0 Å². The molecule has 3 aromatic rings. The van der Waals surface area contributed by atoms with Gasteiger partial charge in [0.25, 0.3) is 0 Å². The molecule has 0 aliphatic rings. The Morgan fingerprint density at radius 3 is 2.50 bits per heavy atom. The zero-order valence-corrected chi connectivity index (χ0v) is 18.3. The SMILES string of the molecule is Cc1ccc(CSCCNC(=O)[C@H](C)NC(=O)Cc2cccc3ccccc23)cc1. The van der Waals surface area contributed by atoms with Crippen LogP contribution in [0.5, 0.6) is 0 Å². The fourth-order valence-corrected chi connectivity index (χ4v) is 4.07. The summed E-state index contributed by atoms with van der Waals surface area (Å²) in [5, 5.41) is 7.88. The Balaban J connectivity index is 1.39. The monoisotopic (exact) mass is 420 g/mol. The summed E-state index contributed by atoms with van der Waals surface area (Å²) in [4.78, 5) is 24.7. The van der Waals surface area contributed by atoms with Gasteiger partial charge in [0.15, 0.2) is 0 Å². The third-order valence-electron chi connectivity index (χ3n) is 4.94. The molecule has 2 N–H and O–H groups in total. The molecule has 156 valence electrons. The molecule has 0 radical (unpaired) electrons. The standard InChI is InChI=1S/C25H28N2O2S/c1-18-10-12-20(13-11-18)17-30-15-14-26-25(29)19(2)27-24(28)16-22-8-5-7-21-6-3-4-9-23(21)22/h3-13,19H,14-17H2,1-2H3,(H,26,29)(H,27,28)/t19-/m0/s1. The predicted molar refractivity (Wildman–Crippen MR) is 126 cm³/mol. The van der Waals surface area contributed by atoms with Crippen LogP contribution >= 0.6 is 11.8 Å². The molecular formula is C25H28N2O2S. The highest BCUT2D eigenvalue weighted by atomic mass is 32.2. The van der Waals surface area contributed by atoms with Crippen molar-refractivity contribution in [3.05, 3.63) is 83.4 Å². The summed E-state index contributed by atoms with van der Waals surface area (Å²) in [5.74, 6) is 1.45. The predicted octanol–water partition coefficient (Wildman–Crippen LogP) is 4.25. The summed E-state index contributed by atoms with van der Waals surface area (Å²) < 4.78 is 0. The van der Waals surface area contributed by atoms with E-state index in [2.05, 4.69) is 41.8 Å². The first-order valence-corrected chi connectivity index (χ1v) is 11.4. The van der Waals surface area contributed by atoms with E-state index in [4.69, 9.17) is 0 Å². The van der Waals surface area contributed by atoms with Gasteiger partial charge in [-0.15, -0.1) is 0 Å². The highest BCUT2D eigenvalue weighted by molar-refractivity contribution is 7.98. The molecule has 3 aromatic carbocycles. The van der Waals surface area contributed by atoms with Crippen LogP contribution < -0.4 is 10.6 Å². The first-order valence-electron chi connectivity index (χ1n) is 10.2. The van der Waals surface area contributed by atoms with Crippen molar-refractivity contribution in [1.29, 1.82) is 0 Å². The zero-order chi connectivity index (χ0) is 21.3. The van der Waals surface area contributed by atoms with E-state index in [1.165, 1.54) is 11.1 Å². The molecule has 0 aliphatic carbocycles. The van der Waals surface area contributed by atoms with Gasteiger partial charge in [0.2, 0.25) is 11.8 Å². The molecule has 5 heteroatoms. The molecule has 3 rings (SSSR count). The number of carbonyl (C=O) groups excluding carboxylic acids is 2. The van der Waals surface area contributed by atoms with Crippen LogP contribution in [-0.4, -0.2) is 30.2 Å². The summed E-state index contributed by atoms with van der Waals surface area (Å²) in [6.45, 7) is 4.38. The van der Waals surface area contributed by atoms with Crippen LogP contribution in [0.4, 0.5) is 0 Å². The second-order valence-corrected chi connectivity index (χ2v) is 8.54. The summed E-state index contributed by atoms with van der Waals surface area (Å²) in [6.07, 6.45) is 0.255. The van der Waals surface area contributed by atoms with E-state index >= 15 is 0 Å². The van der Waals surface area contributed by atoms with Crippen LogP contribution in [0.1, 0.15) is 23.6 Å². The first-order chi connectivity index (χ1) is 14.5. The molecule has 0 fully saturated rings. The van der Waals surface area contributed by atoms with Crippen molar-refractivity contribution in [1.82, 2.24) is 10.6 Å². The molecule has 0 bridgehead atoms. The second kappa shape index (κ2) is 10.8. The normalized spacial score (nSPS) is 11.8. The van der Waals surface area contributed by atoms with Gasteiger partial charge in [-0.2, -0.15) is 11.8 Å². The van der Waals surface area contributed by atoms with Crippen LogP contribution in [0, 0.1) is 6.92 Å². The van der Waals surface area contributed by atoms with Crippen LogP contribution in [-0.2, 0) is 21.8 Å². The maximum absolute atomic E-state index is 12.4. The molecule has 30 heavy (non-hydrogen) atoms. The van der Waals surface area contributed by atoms with E-state index in [-0.39, 0.29) is 18.2 Å². The van der Waals surface area contributed by atoms with Crippen molar-refractivity contribution >= 4 is 34.3 Å². The molecule has 0 saturated heterocycles. The van der Waals surface area contributed by atoms with Crippen molar-refractivity contribution < 1.29 is 9.59 Å². The van der Waals surface area contributed by atoms with E-state index < -0.39 is 6.04 Å². The largest absolute Gasteiger partial charge is 0.353 e. The average molecular weight is 421 g/mol. The van der Waals surface area contributed by atoms with Crippen LogP contribution in [0.3, 0.4) is 0 Å². The number of amides is 2. The smallest absolute Gasteiger partial charge is 0.242 e. The Hall–Kier alpha value is -2.79. The lowest BCUT2D eigenvalue weighted by Gasteiger charge is -2.15. The number of hydrogen-bond donors (Lipinski definition) is 2. The fraction of sp³-hybridized carbons (Fsp3) is 0.280. The third kappa shape index (κ3) is 6.36. The van der Waals surface area contributed by atoms with Crippen LogP contribution in [0.2, 0.25) is 0 Å². The molecular weight excluding hydrogens is 392 g/mol. The number of thioether (sulfide) groups is 1. The molecule has 0 heterocycles. The summed E-state index contributed by atoms with van der Waals surface area (Å²) >= 11 is 1.78. The van der Waals surface area contributed by atoms with E-state index in [9.17, 15) is 9.59 Å². The molecule has 2 amide bonds. The number of benzene rings is 3. The highest BCUT2D eigenvalue weighted by Gasteiger charge is 2.16. The van der Waals surface area contributed by atoms with E-state index in [1.807, 2.05) is 42.5 Å². The lowest BCUT2D eigenvalue weighted by molar-refractivity contribution is -0.128. The summed E-state index contributed by atoms with van der Waals surface area (Å²) in [7, 11) is 0. The number of hydrogen-bond acceptors (Lipinski definition) is 3. The van der Waals surface area contributed by atoms with Gasteiger partial charge in [0.1, 0.15) is 6.04 Å². The number of rotatable bonds is 9. The topological polar surface area (TPSA) is 58.2 Å². The average Bonchev–Trinajstić information content (AvgIpc) is 2.75. The maximum atomic E-state index is 12.4. The van der Waals surface area contributed by atoms with Crippen molar-refractivity contribution in [2.24, 2.45) is 0 Å². The Morgan fingerprint density at radius 1 is 0.967 bits per heavy atom. The number of nitrogens with one attached hydrogen (secondary N) is 2. The molecule has 0 saturated carbocycles. The number of fused-ring (bicyclic) bond motifs is 1. The van der Waals surface area contributed by atoms with Gasteiger partial charge in [-0.1, -0.05) is 72.3 Å². The minimum absolute atomic E-state index is 0.150. The number of aryl methyl sites for hydroxylation is 1. The van der Waals surface area contributed by atoms with Gasteiger partial charge < -0.3 is 10.6 Å². The first kappa shape index (κ1) is 21.9. The second-order valence-electron chi connectivity index (χ2n) is 7.43. The minimum Gasteiger partial charge on any atom is -0.353 e. The van der Waals surface area contributed by atoms with Crippen LogP contribution in [0.15, 0.2) is 66.7 Å². The van der Waals surface area contributed by atoms with E-state index in [0.29, 0.717) is 6.54 Å². The van der Waals surface area contributed by atoms with Crippen LogP contribution in [0.25, 0.3) is 10.8 Å². The molecule has 0 aromatic heterocycles. The minimum atomic E-state index is -0.561. The molecule has 4 nitrogen and oxygen atoms in total. The Bertz CT molecular complexity index is 996. The zero-order valence-electron chi connectivity index (χ0n) is 17.5. The molecule has 0 unspecified atom stereocenters. The van der Waals surface area contributed by atoms with Gasteiger partial charge in [0, 0.05) is 18.1 Å². The van der Waals surface area contributed by atoms with Gasteiger partial charge in [-0.05, 0) is 35.7 Å². The van der Waals surface area contributed by atoms with Gasteiger partial charge in [-0.3, -0.25) is 9.59 Å². The summed E-state index contributed by atoms with van der Waals surface area (Å²) in [6, 6.07) is 21.9. The quantitative estimate of drug-likeness (QED) is 0.509. The van der Waals surface area contributed by atoms with Crippen molar-refractivity contribution in [3.63, 3.8) is 0 Å². The lowest BCUT2D eigenvalue weighted by Crippen LogP contribution is -2.45. The molecule has 1 atom stereocenters. The molecule has 0 aliphatic heterocycles. The Morgan fingerprint density at radius 2 is 1.70 bits per heavy atom.